The summed E-state index contributed by atoms with van der Waals surface area (Å²) < 4.78 is 6.66. The Hall–Kier alpha value is -1.91. The van der Waals surface area contributed by atoms with Crippen molar-refractivity contribution in [2.75, 3.05) is 18.9 Å². The molecule has 2 heterocycles. The molecular weight excluding hydrogens is 340 g/mol. The Morgan fingerprint density at radius 2 is 2.17 bits per heavy atom. The lowest BCUT2D eigenvalue weighted by molar-refractivity contribution is 0.221. The van der Waals surface area contributed by atoms with E-state index in [1.807, 2.05) is 24.3 Å². The van der Waals surface area contributed by atoms with Crippen LogP contribution < -0.4 is 5.73 Å². The number of ether oxygens (including phenoxy) is 1. The van der Waals surface area contributed by atoms with Crippen molar-refractivity contribution in [1.29, 1.82) is 0 Å². The number of benzene rings is 1. The van der Waals surface area contributed by atoms with Gasteiger partial charge in [0.05, 0.1) is 10.9 Å². The molecule has 0 spiro atoms. The Balaban J connectivity index is 1.47. The van der Waals surface area contributed by atoms with Crippen molar-refractivity contribution in [3.05, 3.63) is 74.8 Å². The summed E-state index contributed by atoms with van der Waals surface area (Å²) in [6.07, 6.45) is 7.10. The Morgan fingerprint density at radius 1 is 1.29 bits per heavy atom. The minimum absolute atomic E-state index is 0.668. The Morgan fingerprint density at radius 3 is 2.88 bits per heavy atom. The Bertz CT molecular complexity index is 766. The summed E-state index contributed by atoms with van der Waals surface area (Å²) in [4.78, 5) is 3.49. The third-order valence-electron chi connectivity index (χ3n) is 4.08. The summed E-state index contributed by atoms with van der Waals surface area (Å²) in [7, 11) is 0. The molecule has 0 fully saturated rings. The van der Waals surface area contributed by atoms with E-state index in [4.69, 9.17) is 22.1 Å². The molecule has 24 heavy (non-hydrogen) atoms. The van der Waals surface area contributed by atoms with E-state index in [0.29, 0.717) is 6.61 Å². The maximum Gasteiger partial charge on any atom is 0.118 e. The predicted molar refractivity (Wildman–Crippen MR) is 102 cm³/mol. The highest BCUT2D eigenvalue weighted by Crippen LogP contribution is 2.22. The van der Waals surface area contributed by atoms with Crippen molar-refractivity contribution in [3.8, 4) is 0 Å². The summed E-state index contributed by atoms with van der Waals surface area (Å²) >= 11 is 7.54. The smallest absolute Gasteiger partial charge is 0.118 e. The lowest BCUT2D eigenvalue weighted by Gasteiger charge is -2.24. The van der Waals surface area contributed by atoms with Crippen LogP contribution in [0, 0.1) is 6.92 Å². The number of anilines is 1. The van der Waals surface area contributed by atoms with Gasteiger partial charge in [-0.15, -0.1) is 11.3 Å². The Kier molecular flexibility index (Phi) is 5.48. The number of hydrogen-bond donors (Lipinski definition) is 1. The largest absolute Gasteiger partial charge is 0.493 e. The molecule has 1 aliphatic rings. The third kappa shape index (κ3) is 4.34. The maximum absolute atomic E-state index is 5.98. The fourth-order valence-electron chi connectivity index (χ4n) is 2.59. The maximum atomic E-state index is 5.98. The summed E-state index contributed by atoms with van der Waals surface area (Å²) in [5, 5.41) is 0. The van der Waals surface area contributed by atoms with E-state index in [0.717, 1.165) is 40.9 Å². The van der Waals surface area contributed by atoms with Gasteiger partial charge in [0, 0.05) is 36.3 Å². The molecular formula is C19H21ClN2OS. The van der Waals surface area contributed by atoms with E-state index >= 15 is 0 Å². The van der Waals surface area contributed by atoms with Gasteiger partial charge >= 0.3 is 0 Å². The minimum Gasteiger partial charge on any atom is -0.493 e. The van der Waals surface area contributed by atoms with E-state index in [1.54, 1.807) is 11.3 Å². The second-order valence-corrected chi connectivity index (χ2v) is 7.59. The number of nitrogens with two attached hydrogens (primary N) is 1. The van der Waals surface area contributed by atoms with Crippen LogP contribution in [-0.2, 0) is 17.7 Å². The van der Waals surface area contributed by atoms with Crippen molar-refractivity contribution in [2.24, 2.45) is 0 Å². The topological polar surface area (TPSA) is 38.5 Å². The van der Waals surface area contributed by atoms with E-state index in [9.17, 15) is 0 Å². The highest BCUT2D eigenvalue weighted by atomic mass is 35.5. The number of thiophene rings is 1. The first-order valence-electron chi connectivity index (χ1n) is 7.95. The SMILES string of the molecule is Cc1c(N)cccc1CN1C=CC(OCCc2ccc(Cl)s2)=CC1. The molecule has 3 rings (SSSR count). The van der Waals surface area contributed by atoms with Gasteiger partial charge < -0.3 is 15.4 Å². The molecule has 5 heteroatoms. The Labute approximate surface area is 152 Å². The van der Waals surface area contributed by atoms with Gasteiger partial charge in [-0.25, -0.2) is 0 Å². The fraction of sp³-hybridized carbons (Fsp3) is 0.263. The first-order chi connectivity index (χ1) is 11.6. The molecule has 1 aromatic carbocycles. The third-order valence-corrected chi connectivity index (χ3v) is 5.37. The van der Waals surface area contributed by atoms with Crippen LogP contribution in [0.15, 0.2) is 54.4 Å². The van der Waals surface area contributed by atoms with Crippen LogP contribution in [0.2, 0.25) is 4.34 Å². The van der Waals surface area contributed by atoms with Crippen molar-refractivity contribution < 1.29 is 4.74 Å². The molecule has 0 bridgehead atoms. The van der Waals surface area contributed by atoms with Crippen LogP contribution >= 0.6 is 22.9 Å². The van der Waals surface area contributed by atoms with Crippen molar-refractivity contribution in [2.45, 2.75) is 19.9 Å². The molecule has 0 atom stereocenters. The second kappa shape index (κ2) is 7.77. The van der Waals surface area contributed by atoms with Crippen molar-refractivity contribution in [1.82, 2.24) is 4.90 Å². The lowest BCUT2D eigenvalue weighted by Crippen LogP contribution is -2.20. The zero-order valence-corrected chi connectivity index (χ0v) is 15.2. The average Bonchev–Trinajstić information content (AvgIpc) is 2.99. The van der Waals surface area contributed by atoms with Crippen molar-refractivity contribution in [3.63, 3.8) is 0 Å². The fourth-order valence-corrected chi connectivity index (χ4v) is 3.66. The zero-order chi connectivity index (χ0) is 16.9. The molecule has 3 nitrogen and oxygen atoms in total. The normalized spacial score (nSPS) is 13.9. The van der Waals surface area contributed by atoms with Gasteiger partial charge in [0.25, 0.3) is 0 Å². The first kappa shape index (κ1) is 16.9. The average molecular weight is 361 g/mol. The predicted octanol–water partition coefficient (Wildman–Crippen LogP) is 4.76. The first-order valence-corrected chi connectivity index (χ1v) is 9.14. The molecule has 0 saturated carbocycles. The van der Waals surface area contributed by atoms with E-state index in [-0.39, 0.29) is 0 Å². The molecule has 0 radical (unpaired) electrons. The minimum atomic E-state index is 0.668. The van der Waals surface area contributed by atoms with Crippen LogP contribution in [0.4, 0.5) is 5.69 Å². The molecule has 126 valence electrons. The van der Waals surface area contributed by atoms with E-state index in [1.165, 1.54) is 10.4 Å². The number of allylic oxidation sites excluding steroid dienone is 1. The van der Waals surface area contributed by atoms with Crippen LogP contribution in [0.5, 0.6) is 0 Å². The van der Waals surface area contributed by atoms with Gasteiger partial charge in [0.15, 0.2) is 0 Å². The van der Waals surface area contributed by atoms with Crippen LogP contribution in [0.3, 0.4) is 0 Å². The molecule has 0 unspecified atom stereocenters. The van der Waals surface area contributed by atoms with Crippen LogP contribution in [0.1, 0.15) is 16.0 Å². The summed E-state index contributed by atoms with van der Waals surface area (Å²) in [6.45, 7) is 4.43. The number of nitrogen functional groups attached to an aromatic ring is 1. The van der Waals surface area contributed by atoms with E-state index in [2.05, 4.69) is 36.2 Å². The number of halogens is 1. The monoisotopic (exact) mass is 360 g/mol. The van der Waals surface area contributed by atoms with Gasteiger partial charge in [-0.05, 0) is 48.4 Å². The quantitative estimate of drug-likeness (QED) is 0.754. The lowest BCUT2D eigenvalue weighted by atomic mass is 10.1. The summed E-state index contributed by atoms with van der Waals surface area (Å²) in [6, 6.07) is 10.1. The molecule has 1 aliphatic heterocycles. The number of hydrogen-bond acceptors (Lipinski definition) is 4. The molecule has 0 saturated heterocycles. The summed E-state index contributed by atoms with van der Waals surface area (Å²) in [5.41, 5.74) is 9.24. The molecule has 0 amide bonds. The zero-order valence-electron chi connectivity index (χ0n) is 13.7. The van der Waals surface area contributed by atoms with Crippen molar-refractivity contribution >= 4 is 28.6 Å². The molecule has 1 aromatic heterocycles. The van der Waals surface area contributed by atoms with Gasteiger partial charge in [-0.3, -0.25) is 0 Å². The number of nitrogens with zero attached hydrogens (tertiary/aromatic N) is 1. The second-order valence-electron chi connectivity index (χ2n) is 5.79. The van der Waals surface area contributed by atoms with E-state index < -0.39 is 0 Å². The molecule has 2 aromatic rings. The molecule has 2 N–H and O–H groups in total. The standard InChI is InChI=1S/C19H21ClN2OS/c1-14-15(3-2-4-18(14)21)13-22-10-7-16(8-11-22)23-12-9-17-5-6-19(20)24-17/h2-8,10H,9,11-13,21H2,1H3. The van der Waals surface area contributed by atoms with Crippen LogP contribution in [0.25, 0.3) is 0 Å². The van der Waals surface area contributed by atoms with Gasteiger partial charge in [-0.1, -0.05) is 23.7 Å². The highest BCUT2D eigenvalue weighted by Gasteiger charge is 2.09. The van der Waals surface area contributed by atoms with Gasteiger partial charge in [0.1, 0.15) is 5.76 Å². The van der Waals surface area contributed by atoms with Gasteiger partial charge in [-0.2, -0.15) is 0 Å². The molecule has 0 aliphatic carbocycles. The summed E-state index contributed by atoms with van der Waals surface area (Å²) in [5.74, 6) is 0.929. The number of rotatable bonds is 6. The van der Waals surface area contributed by atoms with Crippen LogP contribution in [-0.4, -0.2) is 18.1 Å². The van der Waals surface area contributed by atoms with Gasteiger partial charge in [0.2, 0.25) is 0 Å². The highest BCUT2D eigenvalue weighted by molar-refractivity contribution is 7.16.